The van der Waals surface area contributed by atoms with E-state index < -0.39 is 11.9 Å². The predicted octanol–water partition coefficient (Wildman–Crippen LogP) is 4.09. The molecule has 0 aliphatic heterocycles. The van der Waals surface area contributed by atoms with Crippen molar-refractivity contribution in [2.45, 2.75) is 6.92 Å². The van der Waals surface area contributed by atoms with E-state index in [4.69, 9.17) is 23.7 Å². The highest BCUT2D eigenvalue weighted by molar-refractivity contribution is 5.95. The van der Waals surface area contributed by atoms with Gasteiger partial charge in [0.1, 0.15) is 5.75 Å². The second-order valence-corrected chi connectivity index (χ2v) is 7.03. The summed E-state index contributed by atoms with van der Waals surface area (Å²) >= 11 is 0. The number of rotatable bonds is 10. The highest BCUT2D eigenvalue weighted by Crippen LogP contribution is 2.29. The zero-order chi connectivity index (χ0) is 25.2. The molecule has 3 aromatic rings. The lowest BCUT2D eigenvalue weighted by molar-refractivity contribution is 0.0728. The van der Waals surface area contributed by atoms with Crippen molar-refractivity contribution in [3.05, 3.63) is 77.4 Å². The second-order valence-electron chi connectivity index (χ2n) is 7.03. The van der Waals surface area contributed by atoms with Crippen LogP contribution in [0.3, 0.4) is 0 Å². The van der Waals surface area contributed by atoms with Gasteiger partial charge in [-0.05, 0) is 73.2 Å². The molecule has 0 aliphatic rings. The summed E-state index contributed by atoms with van der Waals surface area (Å²) in [4.78, 5) is 24.9. The number of carbonyl (C=O) groups excluding carboxylic acids is 2. The van der Waals surface area contributed by atoms with Crippen molar-refractivity contribution in [3.63, 3.8) is 0 Å². The summed E-state index contributed by atoms with van der Waals surface area (Å²) in [6, 6.07) is 16.3. The van der Waals surface area contributed by atoms with Crippen LogP contribution in [0.5, 0.6) is 28.7 Å². The average molecular weight is 479 g/mol. The van der Waals surface area contributed by atoms with E-state index in [0.717, 1.165) is 0 Å². The molecule has 9 heteroatoms. The fraction of sp³-hybridized carbons (Fsp3) is 0.192. The van der Waals surface area contributed by atoms with Crippen molar-refractivity contribution >= 4 is 18.1 Å². The quantitative estimate of drug-likeness (QED) is 0.202. The molecule has 0 spiro atoms. The molecule has 1 N–H and O–H groups in total. The summed E-state index contributed by atoms with van der Waals surface area (Å²) in [7, 11) is 4.56. The Labute approximate surface area is 203 Å². The molecule has 0 aliphatic carbocycles. The summed E-state index contributed by atoms with van der Waals surface area (Å²) in [6.45, 7) is 2.18. The third-order valence-corrected chi connectivity index (χ3v) is 4.82. The molecule has 35 heavy (non-hydrogen) atoms. The standard InChI is InChI=1S/C26H26N2O7/c1-5-34-24-14-17(6-12-22(24)35-26(30)18-7-10-20(31-2)11-8-18)16-27-28-25(29)19-9-13-21(32-3)23(15-19)33-4/h6-16H,5H2,1-4H3,(H,28,29)/b27-16-. The van der Waals surface area contributed by atoms with E-state index in [0.29, 0.717) is 46.3 Å². The number of methoxy groups -OCH3 is 3. The summed E-state index contributed by atoms with van der Waals surface area (Å²) in [5, 5.41) is 4.00. The van der Waals surface area contributed by atoms with Gasteiger partial charge in [0.15, 0.2) is 23.0 Å². The molecule has 1 amide bonds. The highest BCUT2D eigenvalue weighted by atomic mass is 16.6. The van der Waals surface area contributed by atoms with Gasteiger partial charge in [-0.3, -0.25) is 4.79 Å². The Morgan fingerprint density at radius 3 is 2.14 bits per heavy atom. The molecule has 0 radical (unpaired) electrons. The molecule has 9 nitrogen and oxygen atoms in total. The molecule has 3 aromatic carbocycles. The van der Waals surface area contributed by atoms with Crippen LogP contribution in [0.2, 0.25) is 0 Å². The maximum Gasteiger partial charge on any atom is 0.343 e. The number of hydrogen-bond donors (Lipinski definition) is 1. The third-order valence-electron chi connectivity index (χ3n) is 4.82. The molecule has 3 rings (SSSR count). The molecule has 0 fully saturated rings. The van der Waals surface area contributed by atoms with Gasteiger partial charge in [0.25, 0.3) is 5.91 Å². The largest absolute Gasteiger partial charge is 0.497 e. The van der Waals surface area contributed by atoms with Crippen molar-refractivity contribution in [3.8, 4) is 28.7 Å². The molecule has 0 unspecified atom stereocenters. The highest BCUT2D eigenvalue weighted by Gasteiger charge is 2.14. The van der Waals surface area contributed by atoms with Crippen molar-refractivity contribution in [1.82, 2.24) is 5.43 Å². The van der Waals surface area contributed by atoms with Gasteiger partial charge >= 0.3 is 5.97 Å². The average Bonchev–Trinajstić information content (AvgIpc) is 2.89. The van der Waals surface area contributed by atoms with E-state index in [1.54, 1.807) is 67.8 Å². The van der Waals surface area contributed by atoms with Crippen LogP contribution in [0.15, 0.2) is 65.8 Å². The van der Waals surface area contributed by atoms with E-state index in [9.17, 15) is 9.59 Å². The van der Waals surface area contributed by atoms with Crippen molar-refractivity contribution in [2.24, 2.45) is 5.10 Å². The van der Waals surface area contributed by atoms with Gasteiger partial charge in [-0.15, -0.1) is 0 Å². The van der Waals surface area contributed by atoms with Gasteiger partial charge in [0.05, 0.1) is 39.7 Å². The normalized spacial score (nSPS) is 10.5. The smallest absolute Gasteiger partial charge is 0.343 e. The topological polar surface area (TPSA) is 105 Å². The van der Waals surface area contributed by atoms with E-state index >= 15 is 0 Å². The zero-order valence-corrected chi connectivity index (χ0v) is 19.9. The molecule has 182 valence electrons. The minimum Gasteiger partial charge on any atom is -0.497 e. The number of carbonyl (C=O) groups is 2. The van der Waals surface area contributed by atoms with Gasteiger partial charge in [-0.25, -0.2) is 10.2 Å². The van der Waals surface area contributed by atoms with Crippen LogP contribution in [0.1, 0.15) is 33.2 Å². The molecule has 0 bridgehead atoms. The number of hydrazone groups is 1. The Hall–Kier alpha value is -4.53. The van der Waals surface area contributed by atoms with Crippen LogP contribution in [-0.4, -0.2) is 46.0 Å². The fourth-order valence-corrected chi connectivity index (χ4v) is 3.05. The first-order valence-corrected chi connectivity index (χ1v) is 10.7. The Morgan fingerprint density at radius 2 is 1.49 bits per heavy atom. The van der Waals surface area contributed by atoms with Crippen LogP contribution in [0.25, 0.3) is 0 Å². The minimum atomic E-state index is -0.530. The van der Waals surface area contributed by atoms with Gasteiger partial charge in [-0.1, -0.05) is 0 Å². The molecular weight excluding hydrogens is 452 g/mol. The number of amides is 1. The number of hydrogen-bond acceptors (Lipinski definition) is 8. The predicted molar refractivity (Wildman–Crippen MR) is 130 cm³/mol. The van der Waals surface area contributed by atoms with Crippen LogP contribution in [-0.2, 0) is 0 Å². The van der Waals surface area contributed by atoms with Crippen molar-refractivity contribution in [1.29, 1.82) is 0 Å². The van der Waals surface area contributed by atoms with Gasteiger partial charge in [-0.2, -0.15) is 5.10 Å². The Balaban J connectivity index is 1.69. The second kappa shape index (κ2) is 12.1. The molecule has 0 saturated heterocycles. The summed E-state index contributed by atoms with van der Waals surface area (Å²) in [5.74, 6) is 1.27. The van der Waals surface area contributed by atoms with E-state index in [1.165, 1.54) is 20.4 Å². The Bertz CT molecular complexity index is 1210. The Morgan fingerprint density at radius 1 is 0.800 bits per heavy atom. The SMILES string of the molecule is CCOc1cc(/C=N\NC(=O)c2ccc(OC)c(OC)c2)ccc1OC(=O)c1ccc(OC)cc1. The number of nitrogens with zero attached hydrogens (tertiary/aromatic N) is 1. The molecule has 0 atom stereocenters. The van der Waals surface area contributed by atoms with E-state index in [-0.39, 0.29) is 5.75 Å². The van der Waals surface area contributed by atoms with Gasteiger partial charge < -0.3 is 23.7 Å². The first kappa shape index (κ1) is 25.1. The maximum absolute atomic E-state index is 12.5. The summed E-state index contributed by atoms with van der Waals surface area (Å²) < 4.78 is 26.6. The molecule has 0 heterocycles. The third kappa shape index (κ3) is 6.50. The first-order chi connectivity index (χ1) is 17.0. The van der Waals surface area contributed by atoms with Gasteiger partial charge in [0, 0.05) is 5.56 Å². The monoisotopic (exact) mass is 478 g/mol. The molecular formula is C26H26N2O7. The lowest BCUT2D eigenvalue weighted by Gasteiger charge is -2.11. The van der Waals surface area contributed by atoms with Crippen molar-refractivity contribution in [2.75, 3.05) is 27.9 Å². The number of ether oxygens (including phenoxy) is 5. The van der Waals surface area contributed by atoms with Crippen LogP contribution in [0, 0.1) is 0 Å². The number of nitrogens with one attached hydrogen (secondary N) is 1. The fourth-order valence-electron chi connectivity index (χ4n) is 3.05. The van der Waals surface area contributed by atoms with Crippen LogP contribution in [0.4, 0.5) is 0 Å². The maximum atomic E-state index is 12.5. The lowest BCUT2D eigenvalue weighted by Crippen LogP contribution is -2.17. The lowest BCUT2D eigenvalue weighted by atomic mass is 10.2. The minimum absolute atomic E-state index is 0.263. The summed E-state index contributed by atoms with van der Waals surface area (Å²) in [5.41, 5.74) is 3.82. The zero-order valence-electron chi connectivity index (χ0n) is 19.9. The molecule has 0 saturated carbocycles. The first-order valence-electron chi connectivity index (χ1n) is 10.7. The van der Waals surface area contributed by atoms with E-state index in [1.807, 2.05) is 6.92 Å². The van der Waals surface area contributed by atoms with Gasteiger partial charge in [0.2, 0.25) is 0 Å². The van der Waals surface area contributed by atoms with Crippen molar-refractivity contribution < 1.29 is 33.3 Å². The molecule has 0 aromatic heterocycles. The number of esters is 1. The van der Waals surface area contributed by atoms with Crippen LogP contribution >= 0.6 is 0 Å². The Kier molecular flexibility index (Phi) is 8.66. The number of benzene rings is 3. The van der Waals surface area contributed by atoms with Crippen LogP contribution < -0.4 is 29.1 Å². The summed E-state index contributed by atoms with van der Waals surface area (Å²) in [6.07, 6.45) is 1.45. The van der Waals surface area contributed by atoms with E-state index in [2.05, 4.69) is 10.5 Å².